The number of hydrogen-bond acceptors (Lipinski definition) is 4. The Kier molecular flexibility index (Phi) is 6.43. The van der Waals surface area contributed by atoms with E-state index in [-0.39, 0.29) is 24.6 Å². The molecule has 1 aromatic rings. The van der Waals surface area contributed by atoms with Crippen molar-refractivity contribution in [2.75, 3.05) is 46.2 Å². The lowest BCUT2D eigenvalue weighted by Gasteiger charge is -2.29. The molecule has 2 rings (SSSR count). The van der Waals surface area contributed by atoms with E-state index >= 15 is 0 Å². The molecule has 0 atom stereocenters. The van der Waals surface area contributed by atoms with Gasteiger partial charge in [-0.2, -0.15) is 0 Å². The average Bonchev–Trinajstić information content (AvgIpc) is 2.55. The van der Waals surface area contributed by atoms with Gasteiger partial charge in [-0.05, 0) is 45.1 Å². The molecule has 0 aliphatic carbocycles. The molecule has 1 saturated heterocycles. The first-order valence-electron chi connectivity index (χ1n) is 8.13. The van der Waals surface area contributed by atoms with Crippen molar-refractivity contribution in [2.45, 2.75) is 18.9 Å². The summed E-state index contributed by atoms with van der Waals surface area (Å²) in [6.45, 7) is 1.96. The number of hydrogen-bond donors (Lipinski definition) is 2. The second-order valence-electron chi connectivity index (χ2n) is 6.28. The maximum atomic E-state index is 12.1. The van der Waals surface area contributed by atoms with Crippen LogP contribution in [0.3, 0.4) is 0 Å². The molecular weight excluding hydrogens is 308 g/mol. The molecular formula is C17H26N4O3. The standard InChI is InChI=1S/C17H26N4O3/c1-20(2)16(22)12-24-15-6-4-5-14(11-15)19-17(23)18-13-7-9-21(3)10-8-13/h4-6,11,13H,7-10,12H2,1-3H3,(H2,18,19,23). The van der Waals surface area contributed by atoms with Crippen molar-refractivity contribution in [2.24, 2.45) is 0 Å². The highest BCUT2D eigenvalue weighted by molar-refractivity contribution is 5.89. The molecule has 7 heteroatoms. The minimum absolute atomic E-state index is 0.0295. The van der Waals surface area contributed by atoms with Gasteiger partial charge in [-0.15, -0.1) is 0 Å². The maximum absolute atomic E-state index is 12.1. The fraction of sp³-hybridized carbons (Fsp3) is 0.529. The van der Waals surface area contributed by atoms with Crippen LogP contribution < -0.4 is 15.4 Å². The number of anilines is 1. The normalized spacial score (nSPS) is 15.6. The molecule has 132 valence electrons. The van der Waals surface area contributed by atoms with E-state index in [1.165, 1.54) is 4.90 Å². The fourth-order valence-electron chi connectivity index (χ4n) is 2.44. The van der Waals surface area contributed by atoms with Crippen molar-refractivity contribution in [3.8, 4) is 5.75 Å². The Morgan fingerprint density at radius 3 is 2.67 bits per heavy atom. The highest BCUT2D eigenvalue weighted by atomic mass is 16.5. The van der Waals surface area contributed by atoms with Crippen molar-refractivity contribution in [1.82, 2.24) is 15.1 Å². The molecule has 1 aliphatic rings. The third kappa shape index (κ3) is 5.73. The first-order valence-corrected chi connectivity index (χ1v) is 8.13. The van der Waals surface area contributed by atoms with Crippen LogP contribution in [-0.2, 0) is 4.79 Å². The number of rotatable bonds is 5. The van der Waals surface area contributed by atoms with Gasteiger partial charge in [0.25, 0.3) is 5.91 Å². The summed E-state index contributed by atoms with van der Waals surface area (Å²) in [7, 11) is 5.44. The number of piperidine rings is 1. The summed E-state index contributed by atoms with van der Waals surface area (Å²) in [5, 5.41) is 5.81. The SMILES string of the molecule is CN1CCC(NC(=O)Nc2cccc(OCC(=O)N(C)C)c2)CC1. The lowest BCUT2D eigenvalue weighted by atomic mass is 10.1. The number of nitrogens with one attached hydrogen (secondary N) is 2. The number of nitrogens with zero attached hydrogens (tertiary/aromatic N) is 2. The van der Waals surface area contributed by atoms with E-state index < -0.39 is 0 Å². The van der Waals surface area contributed by atoms with E-state index in [0.29, 0.717) is 11.4 Å². The largest absolute Gasteiger partial charge is 0.484 e. The fourth-order valence-corrected chi connectivity index (χ4v) is 2.44. The molecule has 2 N–H and O–H groups in total. The second kappa shape index (κ2) is 8.54. The Balaban J connectivity index is 1.82. The van der Waals surface area contributed by atoms with Gasteiger partial charge >= 0.3 is 6.03 Å². The van der Waals surface area contributed by atoms with Crippen LogP contribution in [0.15, 0.2) is 24.3 Å². The van der Waals surface area contributed by atoms with Crippen molar-refractivity contribution < 1.29 is 14.3 Å². The molecule has 0 spiro atoms. The Morgan fingerprint density at radius 1 is 1.29 bits per heavy atom. The number of carbonyl (C=O) groups is 2. The second-order valence-corrected chi connectivity index (χ2v) is 6.28. The van der Waals surface area contributed by atoms with E-state index in [0.717, 1.165) is 25.9 Å². The van der Waals surface area contributed by atoms with E-state index in [2.05, 4.69) is 22.6 Å². The van der Waals surface area contributed by atoms with Crippen LogP contribution in [0.2, 0.25) is 0 Å². The van der Waals surface area contributed by atoms with Gasteiger partial charge in [-0.1, -0.05) is 6.07 Å². The number of likely N-dealkylation sites (N-methyl/N-ethyl adjacent to an activating group) is 1. The smallest absolute Gasteiger partial charge is 0.319 e. The molecule has 24 heavy (non-hydrogen) atoms. The Labute approximate surface area is 142 Å². The van der Waals surface area contributed by atoms with Crippen LogP contribution in [0, 0.1) is 0 Å². The molecule has 1 aliphatic heterocycles. The number of benzene rings is 1. The quantitative estimate of drug-likeness (QED) is 0.853. The monoisotopic (exact) mass is 334 g/mol. The lowest BCUT2D eigenvalue weighted by Crippen LogP contribution is -2.44. The molecule has 1 aromatic carbocycles. The molecule has 0 unspecified atom stereocenters. The van der Waals surface area contributed by atoms with Gasteiger partial charge in [0, 0.05) is 31.9 Å². The van der Waals surface area contributed by atoms with Crippen LogP contribution in [0.5, 0.6) is 5.75 Å². The lowest BCUT2D eigenvalue weighted by molar-refractivity contribution is -0.130. The molecule has 0 aromatic heterocycles. The van der Waals surface area contributed by atoms with Gasteiger partial charge in [0.05, 0.1) is 0 Å². The first kappa shape index (κ1) is 18.1. The highest BCUT2D eigenvalue weighted by Crippen LogP contribution is 2.17. The van der Waals surface area contributed by atoms with Gasteiger partial charge in [0.15, 0.2) is 6.61 Å². The van der Waals surface area contributed by atoms with E-state index in [9.17, 15) is 9.59 Å². The highest BCUT2D eigenvalue weighted by Gasteiger charge is 2.18. The van der Waals surface area contributed by atoms with Crippen molar-refractivity contribution in [1.29, 1.82) is 0 Å². The number of ether oxygens (including phenoxy) is 1. The summed E-state index contributed by atoms with van der Waals surface area (Å²) in [5.74, 6) is 0.427. The Bertz CT molecular complexity index is 569. The molecule has 0 bridgehead atoms. The molecule has 1 fully saturated rings. The molecule has 0 saturated carbocycles. The van der Waals surface area contributed by atoms with E-state index in [4.69, 9.17) is 4.74 Å². The first-order chi connectivity index (χ1) is 11.4. The Hall–Kier alpha value is -2.28. The number of carbonyl (C=O) groups excluding carboxylic acids is 2. The average molecular weight is 334 g/mol. The zero-order chi connectivity index (χ0) is 17.5. The van der Waals surface area contributed by atoms with E-state index in [1.54, 1.807) is 38.4 Å². The van der Waals surface area contributed by atoms with Gasteiger partial charge in [-0.3, -0.25) is 4.79 Å². The summed E-state index contributed by atoms with van der Waals surface area (Å²) in [4.78, 5) is 27.4. The van der Waals surface area contributed by atoms with Gasteiger partial charge in [0.2, 0.25) is 0 Å². The third-order valence-corrected chi connectivity index (χ3v) is 4.01. The van der Waals surface area contributed by atoms with Crippen LogP contribution >= 0.6 is 0 Å². The van der Waals surface area contributed by atoms with Crippen LogP contribution in [0.4, 0.5) is 10.5 Å². The van der Waals surface area contributed by atoms with Crippen LogP contribution in [0.25, 0.3) is 0 Å². The van der Waals surface area contributed by atoms with E-state index in [1.807, 2.05) is 0 Å². The third-order valence-electron chi connectivity index (χ3n) is 4.01. The summed E-state index contributed by atoms with van der Waals surface area (Å²) in [6.07, 6.45) is 1.92. The predicted octanol–water partition coefficient (Wildman–Crippen LogP) is 1.37. The minimum Gasteiger partial charge on any atom is -0.484 e. The molecule has 7 nitrogen and oxygen atoms in total. The van der Waals surface area contributed by atoms with Crippen molar-refractivity contribution in [3.63, 3.8) is 0 Å². The summed E-state index contributed by atoms with van der Waals surface area (Å²) in [6, 6.07) is 7.01. The number of likely N-dealkylation sites (tertiary alicyclic amines) is 1. The summed E-state index contributed by atoms with van der Waals surface area (Å²) in [5.41, 5.74) is 0.634. The topological polar surface area (TPSA) is 73.9 Å². The maximum Gasteiger partial charge on any atom is 0.319 e. The molecule has 3 amide bonds. The van der Waals surface area contributed by atoms with Crippen molar-refractivity contribution in [3.05, 3.63) is 24.3 Å². The number of urea groups is 1. The van der Waals surface area contributed by atoms with Crippen LogP contribution in [-0.4, -0.2) is 68.6 Å². The summed E-state index contributed by atoms with van der Waals surface area (Å²) >= 11 is 0. The number of amides is 3. The minimum atomic E-state index is -0.217. The van der Waals surface area contributed by atoms with Gasteiger partial charge in [0.1, 0.15) is 5.75 Å². The molecule has 1 heterocycles. The van der Waals surface area contributed by atoms with Crippen LogP contribution in [0.1, 0.15) is 12.8 Å². The zero-order valence-corrected chi connectivity index (χ0v) is 14.5. The predicted molar refractivity (Wildman–Crippen MR) is 93.3 cm³/mol. The Morgan fingerprint density at radius 2 is 2.00 bits per heavy atom. The van der Waals surface area contributed by atoms with Gasteiger partial charge < -0.3 is 25.2 Å². The zero-order valence-electron chi connectivity index (χ0n) is 14.5. The molecule has 0 radical (unpaired) electrons. The summed E-state index contributed by atoms with van der Waals surface area (Å²) < 4.78 is 5.44. The van der Waals surface area contributed by atoms with Gasteiger partial charge in [-0.25, -0.2) is 4.79 Å². The van der Waals surface area contributed by atoms with Crippen molar-refractivity contribution >= 4 is 17.6 Å².